The summed E-state index contributed by atoms with van der Waals surface area (Å²) in [5.41, 5.74) is 4.39. The topological polar surface area (TPSA) is 96.2 Å². The molecule has 2 heterocycles. The van der Waals surface area contributed by atoms with Gasteiger partial charge in [-0.3, -0.25) is 19.9 Å². The van der Waals surface area contributed by atoms with Gasteiger partial charge in [0.15, 0.2) is 6.29 Å². The van der Waals surface area contributed by atoms with Crippen molar-refractivity contribution in [3.8, 4) is 0 Å². The standard InChI is InChI=1S/C25H33N5O4/c1-17(32)30-11-10-20-21(23(16-31)29(6)22(20)15-30)13-26-28(5)14-18-8-7-9-19(12-18)27-24(33)34-25(2,3)4/h7-9,12-13,16H,10-11,14-15H2,1-6H3,(H,27,33)/b26-13-. The summed E-state index contributed by atoms with van der Waals surface area (Å²) in [4.78, 5) is 37.4. The molecule has 3 rings (SSSR count). The minimum absolute atomic E-state index is 0.0258. The number of hydrogen-bond acceptors (Lipinski definition) is 6. The van der Waals surface area contributed by atoms with Crippen LogP contribution in [0, 0.1) is 0 Å². The summed E-state index contributed by atoms with van der Waals surface area (Å²) in [5.74, 6) is 0.0258. The lowest BCUT2D eigenvalue weighted by molar-refractivity contribution is -0.129. The summed E-state index contributed by atoms with van der Waals surface area (Å²) in [6.45, 7) is 8.62. The molecule has 0 unspecified atom stereocenters. The fourth-order valence-corrected chi connectivity index (χ4v) is 4.01. The number of ether oxygens (including phenoxy) is 1. The maximum atomic E-state index is 12.0. The summed E-state index contributed by atoms with van der Waals surface area (Å²) >= 11 is 0. The number of aldehydes is 1. The van der Waals surface area contributed by atoms with Gasteiger partial charge in [-0.05, 0) is 50.5 Å². The van der Waals surface area contributed by atoms with Crippen LogP contribution >= 0.6 is 0 Å². The number of fused-ring (bicyclic) bond motifs is 1. The highest BCUT2D eigenvalue weighted by molar-refractivity contribution is 5.94. The molecule has 2 aromatic rings. The van der Waals surface area contributed by atoms with Gasteiger partial charge in [-0.25, -0.2) is 4.79 Å². The van der Waals surface area contributed by atoms with Gasteiger partial charge in [-0.15, -0.1) is 0 Å². The van der Waals surface area contributed by atoms with E-state index in [1.807, 2.05) is 57.6 Å². The number of carbonyl (C=O) groups excluding carboxylic acids is 3. The molecule has 0 aliphatic carbocycles. The van der Waals surface area contributed by atoms with Gasteiger partial charge < -0.3 is 14.2 Å². The highest BCUT2D eigenvalue weighted by Gasteiger charge is 2.26. The highest BCUT2D eigenvalue weighted by atomic mass is 16.6. The molecule has 0 fully saturated rings. The molecule has 1 aromatic carbocycles. The smallest absolute Gasteiger partial charge is 0.412 e. The van der Waals surface area contributed by atoms with Gasteiger partial charge in [0.1, 0.15) is 5.60 Å². The van der Waals surface area contributed by atoms with Crippen molar-refractivity contribution in [2.45, 2.75) is 52.8 Å². The van der Waals surface area contributed by atoms with Crippen LogP contribution in [0.5, 0.6) is 0 Å². The van der Waals surface area contributed by atoms with E-state index in [1.165, 1.54) is 0 Å². The van der Waals surface area contributed by atoms with Crippen LogP contribution in [0.2, 0.25) is 0 Å². The fraction of sp³-hybridized carbons (Fsp3) is 0.440. The van der Waals surface area contributed by atoms with Crippen LogP contribution < -0.4 is 5.32 Å². The number of aromatic nitrogens is 1. The normalized spacial score (nSPS) is 13.5. The van der Waals surface area contributed by atoms with E-state index in [0.29, 0.717) is 37.4 Å². The van der Waals surface area contributed by atoms with E-state index >= 15 is 0 Å². The molecule has 9 nitrogen and oxygen atoms in total. The summed E-state index contributed by atoms with van der Waals surface area (Å²) in [5, 5.41) is 9.07. The molecule has 0 saturated carbocycles. The summed E-state index contributed by atoms with van der Waals surface area (Å²) < 4.78 is 7.15. The molecule has 9 heteroatoms. The number of amides is 2. The largest absolute Gasteiger partial charge is 0.444 e. The van der Waals surface area contributed by atoms with Gasteiger partial charge in [-0.2, -0.15) is 5.10 Å². The second-order valence-corrected chi connectivity index (χ2v) is 9.48. The Labute approximate surface area is 200 Å². The number of anilines is 1. The van der Waals surface area contributed by atoms with Gasteiger partial charge in [0.2, 0.25) is 5.91 Å². The van der Waals surface area contributed by atoms with Crippen molar-refractivity contribution in [2.75, 3.05) is 18.9 Å². The third-order valence-corrected chi connectivity index (χ3v) is 5.61. The number of nitrogens with zero attached hydrogens (tertiary/aromatic N) is 4. The van der Waals surface area contributed by atoms with Crippen LogP contribution in [0.4, 0.5) is 10.5 Å². The summed E-state index contributed by atoms with van der Waals surface area (Å²) in [6, 6.07) is 7.48. The molecule has 0 spiro atoms. The van der Waals surface area contributed by atoms with Gasteiger partial charge in [0.25, 0.3) is 0 Å². The molecule has 34 heavy (non-hydrogen) atoms. The van der Waals surface area contributed by atoms with E-state index < -0.39 is 11.7 Å². The molecule has 1 aliphatic heterocycles. The predicted molar refractivity (Wildman–Crippen MR) is 131 cm³/mol. The van der Waals surface area contributed by atoms with E-state index in [0.717, 1.165) is 28.7 Å². The van der Waals surface area contributed by atoms with Crippen LogP contribution in [0.1, 0.15) is 60.6 Å². The third kappa shape index (κ3) is 6.03. The fourth-order valence-electron chi connectivity index (χ4n) is 4.01. The SMILES string of the molecule is CC(=O)N1CCc2c(/C=N\N(C)Cc3cccc(NC(=O)OC(C)(C)C)c3)c(C=O)n(C)c2C1. The van der Waals surface area contributed by atoms with Crippen LogP contribution in [0.25, 0.3) is 0 Å². The quantitative estimate of drug-likeness (QED) is 0.398. The molecule has 2 amide bonds. The second-order valence-electron chi connectivity index (χ2n) is 9.48. The number of hydrogen-bond donors (Lipinski definition) is 1. The average molecular weight is 468 g/mol. The first-order valence-electron chi connectivity index (χ1n) is 11.2. The number of carbonyl (C=O) groups is 3. The number of nitrogens with one attached hydrogen (secondary N) is 1. The number of rotatable bonds is 6. The molecule has 1 aromatic heterocycles. The molecule has 0 bridgehead atoms. The second kappa shape index (κ2) is 10.1. The Morgan fingerprint density at radius 2 is 2.03 bits per heavy atom. The minimum atomic E-state index is -0.571. The molecule has 182 valence electrons. The van der Waals surface area contributed by atoms with Gasteiger partial charge in [0, 0.05) is 44.5 Å². The van der Waals surface area contributed by atoms with E-state index in [4.69, 9.17) is 4.74 Å². The zero-order chi connectivity index (χ0) is 25.0. The first kappa shape index (κ1) is 25.0. The molecule has 0 radical (unpaired) electrons. The Hall–Kier alpha value is -3.62. The average Bonchev–Trinajstić information content (AvgIpc) is 3.01. The lowest BCUT2D eigenvalue weighted by Crippen LogP contribution is -2.35. The first-order chi connectivity index (χ1) is 16.0. The third-order valence-electron chi connectivity index (χ3n) is 5.61. The summed E-state index contributed by atoms with van der Waals surface area (Å²) in [7, 11) is 3.69. The van der Waals surface area contributed by atoms with Crippen molar-refractivity contribution in [1.29, 1.82) is 0 Å². The first-order valence-corrected chi connectivity index (χ1v) is 11.2. The maximum Gasteiger partial charge on any atom is 0.412 e. The number of hydrazone groups is 1. The van der Waals surface area contributed by atoms with E-state index in [-0.39, 0.29) is 5.91 Å². The summed E-state index contributed by atoms with van der Waals surface area (Å²) in [6.07, 6.45) is 2.73. The Morgan fingerprint density at radius 3 is 2.68 bits per heavy atom. The van der Waals surface area contributed by atoms with E-state index in [9.17, 15) is 14.4 Å². The van der Waals surface area contributed by atoms with Crippen molar-refractivity contribution in [3.63, 3.8) is 0 Å². The minimum Gasteiger partial charge on any atom is -0.444 e. The predicted octanol–water partition coefficient (Wildman–Crippen LogP) is 3.56. The Morgan fingerprint density at radius 1 is 1.29 bits per heavy atom. The van der Waals surface area contributed by atoms with Crippen molar-refractivity contribution in [2.24, 2.45) is 12.1 Å². The van der Waals surface area contributed by atoms with E-state index in [2.05, 4.69) is 10.4 Å². The molecule has 0 atom stereocenters. The monoisotopic (exact) mass is 467 g/mol. The molecule has 1 N–H and O–H groups in total. The van der Waals surface area contributed by atoms with Crippen LogP contribution in [-0.2, 0) is 36.1 Å². The van der Waals surface area contributed by atoms with Crippen molar-refractivity contribution in [3.05, 3.63) is 52.3 Å². The molecule has 1 aliphatic rings. The highest BCUT2D eigenvalue weighted by Crippen LogP contribution is 2.26. The van der Waals surface area contributed by atoms with Crippen molar-refractivity contribution >= 4 is 30.2 Å². The Kier molecular flexibility index (Phi) is 7.44. The van der Waals surface area contributed by atoms with Crippen LogP contribution in [0.15, 0.2) is 29.4 Å². The number of benzene rings is 1. The van der Waals surface area contributed by atoms with Crippen LogP contribution in [-0.4, -0.2) is 58.2 Å². The van der Waals surface area contributed by atoms with Gasteiger partial charge in [0.05, 0.1) is 25.0 Å². The molecular formula is C25H33N5O4. The zero-order valence-corrected chi connectivity index (χ0v) is 20.7. The molecular weight excluding hydrogens is 434 g/mol. The Balaban J connectivity index is 1.72. The van der Waals surface area contributed by atoms with E-state index in [1.54, 1.807) is 29.1 Å². The van der Waals surface area contributed by atoms with Crippen molar-refractivity contribution in [1.82, 2.24) is 14.5 Å². The maximum absolute atomic E-state index is 12.0. The van der Waals surface area contributed by atoms with Crippen LogP contribution in [0.3, 0.4) is 0 Å². The van der Waals surface area contributed by atoms with Crippen molar-refractivity contribution < 1.29 is 19.1 Å². The lowest BCUT2D eigenvalue weighted by atomic mass is 10.0. The van der Waals surface area contributed by atoms with Gasteiger partial charge in [-0.1, -0.05) is 12.1 Å². The Bertz CT molecular complexity index is 1110. The zero-order valence-electron chi connectivity index (χ0n) is 20.7. The molecule has 0 saturated heterocycles. The lowest BCUT2D eigenvalue weighted by Gasteiger charge is -2.27. The van der Waals surface area contributed by atoms with Gasteiger partial charge >= 0.3 is 6.09 Å².